The van der Waals surface area contributed by atoms with Crippen molar-refractivity contribution in [1.29, 1.82) is 0 Å². The average molecular weight is 421 g/mol. The molecule has 2 aliphatic rings. The predicted octanol–water partition coefficient (Wildman–Crippen LogP) is 1.30. The zero-order chi connectivity index (χ0) is 21.0. The van der Waals surface area contributed by atoms with Crippen LogP contribution in [0.15, 0.2) is 36.7 Å². The number of aromatic nitrogens is 4. The van der Waals surface area contributed by atoms with Crippen LogP contribution in [0.25, 0.3) is 11.0 Å². The van der Waals surface area contributed by atoms with Gasteiger partial charge in [-0.15, -0.1) is 0 Å². The van der Waals surface area contributed by atoms with Crippen molar-refractivity contribution in [3.63, 3.8) is 0 Å². The van der Waals surface area contributed by atoms with E-state index in [4.69, 9.17) is 14.7 Å². The summed E-state index contributed by atoms with van der Waals surface area (Å²) >= 11 is 0. The number of nitrogens with one attached hydrogen (secondary N) is 1. The second-order valence-corrected chi connectivity index (χ2v) is 7.92. The summed E-state index contributed by atoms with van der Waals surface area (Å²) in [5, 5.41) is 3.40. The number of benzene rings is 1. The molecule has 5 rings (SSSR count). The van der Waals surface area contributed by atoms with E-state index in [1.165, 1.54) is 5.56 Å². The van der Waals surface area contributed by atoms with Gasteiger partial charge in [0.15, 0.2) is 11.6 Å². The molecular formula is C22H28N8O. The number of piperazine rings is 1. The average Bonchev–Trinajstić information content (AvgIpc) is 2.84. The Kier molecular flexibility index (Phi) is 5.77. The van der Waals surface area contributed by atoms with Gasteiger partial charge in [-0.2, -0.15) is 4.98 Å². The van der Waals surface area contributed by atoms with Crippen LogP contribution in [0.5, 0.6) is 0 Å². The number of hydrogen-bond donors (Lipinski definition) is 1. The van der Waals surface area contributed by atoms with Crippen molar-refractivity contribution in [2.75, 3.05) is 74.2 Å². The largest absolute Gasteiger partial charge is 0.378 e. The highest BCUT2D eigenvalue weighted by Crippen LogP contribution is 2.30. The monoisotopic (exact) mass is 420 g/mol. The van der Waals surface area contributed by atoms with Crippen molar-refractivity contribution in [3.8, 4) is 0 Å². The fourth-order valence-corrected chi connectivity index (χ4v) is 4.12. The summed E-state index contributed by atoms with van der Waals surface area (Å²) in [7, 11) is 2.05. The summed E-state index contributed by atoms with van der Waals surface area (Å²) in [4.78, 5) is 25.8. The highest BCUT2D eigenvalue weighted by molar-refractivity contribution is 5.94. The number of anilines is 3. The molecule has 4 heterocycles. The molecule has 2 aliphatic heterocycles. The first-order valence-electron chi connectivity index (χ1n) is 10.9. The van der Waals surface area contributed by atoms with Gasteiger partial charge in [0.25, 0.3) is 0 Å². The van der Waals surface area contributed by atoms with E-state index in [0.717, 1.165) is 74.4 Å². The number of hydrogen-bond acceptors (Lipinski definition) is 9. The first-order valence-corrected chi connectivity index (χ1v) is 10.9. The van der Waals surface area contributed by atoms with Crippen LogP contribution >= 0.6 is 0 Å². The van der Waals surface area contributed by atoms with Gasteiger partial charge >= 0.3 is 0 Å². The SMILES string of the molecule is CN(Cc1ccccc1)c1ncnc2c(N3CCOCC3)nc(N3CCNCC3)nc12. The summed E-state index contributed by atoms with van der Waals surface area (Å²) in [6.45, 7) is 7.36. The van der Waals surface area contributed by atoms with E-state index in [9.17, 15) is 0 Å². The molecular weight excluding hydrogens is 392 g/mol. The molecule has 2 saturated heterocycles. The van der Waals surface area contributed by atoms with Crippen LogP contribution in [0.4, 0.5) is 17.6 Å². The second-order valence-electron chi connectivity index (χ2n) is 7.92. The van der Waals surface area contributed by atoms with E-state index in [-0.39, 0.29) is 0 Å². The number of fused-ring (bicyclic) bond motifs is 1. The van der Waals surface area contributed by atoms with Gasteiger partial charge in [-0.1, -0.05) is 30.3 Å². The summed E-state index contributed by atoms with van der Waals surface area (Å²) in [6.07, 6.45) is 1.62. The van der Waals surface area contributed by atoms with Crippen molar-refractivity contribution >= 4 is 28.6 Å². The quantitative estimate of drug-likeness (QED) is 0.657. The minimum Gasteiger partial charge on any atom is -0.378 e. The maximum Gasteiger partial charge on any atom is 0.228 e. The van der Waals surface area contributed by atoms with Gasteiger partial charge in [-0.25, -0.2) is 15.0 Å². The van der Waals surface area contributed by atoms with Gasteiger partial charge in [0.2, 0.25) is 5.95 Å². The molecule has 31 heavy (non-hydrogen) atoms. The van der Waals surface area contributed by atoms with Crippen LogP contribution in [0.3, 0.4) is 0 Å². The van der Waals surface area contributed by atoms with Gasteiger partial charge in [-0.3, -0.25) is 0 Å². The van der Waals surface area contributed by atoms with E-state index in [0.29, 0.717) is 13.2 Å². The van der Waals surface area contributed by atoms with Gasteiger partial charge in [-0.05, 0) is 5.56 Å². The van der Waals surface area contributed by atoms with Crippen LogP contribution in [0.2, 0.25) is 0 Å². The van der Waals surface area contributed by atoms with Crippen LogP contribution in [0, 0.1) is 0 Å². The molecule has 0 atom stereocenters. The zero-order valence-corrected chi connectivity index (χ0v) is 17.9. The van der Waals surface area contributed by atoms with E-state index in [2.05, 4.69) is 61.3 Å². The molecule has 9 heteroatoms. The molecule has 2 aromatic heterocycles. The number of morpholine rings is 1. The lowest BCUT2D eigenvalue weighted by atomic mass is 10.2. The van der Waals surface area contributed by atoms with Crippen molar-refractivity contribution in [1.82, 2.24) is 25.3 Å². The number of nitrogens with zero attached hydrogens (tertiary/aromatic N) is 7. The first kappa shape index (κ1) is 19.9. The lowest BCUT2D eigenvalue weighted by Crippen LogP contribution is -2.44. The minimum atomic E-state index is 0.695. The lowest BCUT2D eigenvalue weighted by Gasteiger charge is -2.31. The maximum atomic E-state index is 5.56. The van der Waals surface area contributed by atoms with Crippen molar-refractivity contribution in [3.05, 3.63) is 42.2 Å². The summed E-state index contributed by atoms with van der Waals surface area (Å²) in [6, 6.07) is 10.4. The minimum absolute atomic E-state index is 0.695. The third-order valence-electron chi connectivity index (χ3n) is 5.77. The van der Waals surface area contributed by atoms with Crippen LogP contribution in [0.1, 0.15) is 5.56 Å². The molecule has 3 aromatic rings. The molecule has 2 fully saturated rings. The Morgan fingerprint density at radius 3 is 2.48 bits per heavy atom. The second kappa shape index (κ2) is 8.99. The molecule has 0 aliphatic carbocycles. The molecule has 1 N–H and O–H groups in total. The predicted molar refractivity (Wildman–Crippen MR) is 122 cm³/mol. The zero-order valence-electron chi connectivity index (χ0n) is 17.9. The van der Waals surface area contributed by atoms with E-state index in [1.54, 1.807) is 6.33 Å². The topological polar surface area (TPSA) is 82.5 Å². The standard InChI is InChI=1S/C22H28N8O/c1-28(15-17-5-3-2-4-6-17)20-19-18(24-16-25-20)21(29-11-13-31-14-12-29)27-22(26-19)30-9-7-23-8-10-30/h2-6,16,23H,7-15H2,1H3. The smallest absolute Gasteiger partial charge is 0.228 e. The fourth-order valence-electron chi connectivity index (χ4n) is 4.12. The molecule has 0 amide bonds. The fraction of sp³-hybridized carbons (Fsp3) is 0.455. The Hall–Kier alpha value is -3.04. The summed E-state index contributed by atoms with van der Waals surface area (Å²) < 4.78 is 5.56. The third kappa shape index (κ3) is 4.24. The normalized spacial score (nSPS) is 17.2. The summed E-state index contributed by atoms with van der Waals surface area (Å²) in [5.41, 5.74) is 2.82. The lowest BCUT2D eigenvalue weighted by molar-refractivity contribution is 0.122. The van der Waals surface area contributed by atoms with E-state index < -0.39 is 0 Å². The Labute approximate surface area is 182 Å². The molecule has 1 aromatic carbocycles. The van der Waals surface area contributed by atoms with Crippen molar-refractivity contribution in [2.45, 2.75) is 6.54 Å². The molecule has 0 radical (unpaired) electrons. The van der Waals surface area contributed by atoms with E-state index in [1.807, 2.05) is 6.07 Å². The number of rotatable bonds is 5. The van der Waals surface area contributed by atoms with Crippen molar-refractivity contribution in [2.24, 2.45) is 0 Å². The van der Waals surface area contributed by atoms with Gasteiger partial charge in [0.05, 0.1) is 13.2 Å². The Bertz CT molecular complexity index is 1020. The van der Waals surface area contributed by atoms with Crippen LogP contribution in [-0.4, -0.2) is 79.5 Å². The maximum absolute atomic E-state index is 5.56. The third-order valence-corrected chi connectivity index (χ3v) is 5.77. The van der Waals surface area contributed by atoms with Crippen molar-refractivity contribution < 1.29 is 4.74 Å². The Morgan fingerprint density at radius 1 is 0.935 bits per heavy atom. The highest BCUT2D eigenvalue weighted by atomic mass is 16.5. The molecule has 0 unspecified atom stereocenters. The Balaban J connectivity index is 1.59. The number of ether oxygens (including phenoxy) is 1. The van der Waals surface area contributed by atoms with Gasteiger partial charge in [0, 0.05) is 52.9 Å². The van der Waals surface area contributed by atoms with Gasteiger partial charge in [0.1, 0.15) is 17.4 Å². The first-order chi connectivity index (χ1) is 15.3. The highest BCUT2D eigenvalue weighted by Gasteiger charge is 2.24. The molecule has 0 bridgehead atoms. The summed E-state index contributed by atoms with van der Waals surface area (Å²) in [5.74, 6) is 2.44. The van der Waals surface area contributed by atoms with Crippen LogP contribution in [-0.2, 0) is 11.3 Å². The van der Waals surface area contributed by atoms with Gasteiger partial charge < -0.3 is 24.8 Å². The van der Waals surface area contributed by atoms with Crippen LogP contribution < -0.4 is 20.0 Å². The molecule has 0 spiro atoms. The Morgan fingerprint density at radius 2 is 1.71 bits per heavy atom. The molecule has 162 valence electrons. The molecule has 0 saturated carbocycles. The van der Waals surface area contributed by atoms with E-state index >= 15 is 0 Å². The molecule has 9 nitrogen and oxygen atoms in total.